The van der Waals surface area contributed by atoms with Gasteiger partial charge in [-0.25, -0.2) is 4.79 Å². The number of nitrogens with one attached hydrogen (secondary N) is 2. The Morgan fingerprint density at radius 1 is 1.17 bits per heavy atom. The molecule has 0 bridgehead atoms. The summed E-state index contributed by atoms with van der Waals surface area (Å²) >= 11 is 0. The molecule has 0 saturated carbocycles. The van der Waals surface area contributed by atoms with Crippen molar-refractivity contribution >= 4 is 26.1 Å². The molecule has 0 aliphatic rings. The summed E-state index contributed by atoms with van der Waals surface area (Å²) in [6, 6.07) is 8.27. The highest BCUT2D eigenvalue weighted by molar-refractivity contribution is 7.36. The first-order valence-electron chi connectivity index (χ1n) is 9.16. The third kappa shape index (κ3) is 9.47. The zero-order chi connectivity index (χ0) is 21.8. The van der Waals surface area contributed by atoms with Gasteiger partial charge in [-0.15, -0.1) is 9.56 Å². The molecule has 0 radical (unpaired) electrons. The molecule has 1 aromatic carbocycles. The van der Waals surface area contributed by atoms with Crippen molar-refractivity contribution in [1.29, 1.82) is 0 Å². The Labute approximate surface area is 170 Å². The van der Waals surface area contributed by atoms with Crippen LogP contribution < -0.4 is 16.4 Å². The average Bonchev–Trinajstić information content (AvgIpc) is 2.69. The number of nitrogens with two attached hydrogens (primary N) is 1. The summed E-state index contributed by atoms with van der Waals surface area (Å²) in [6.07, 6.45) is -0.781. The number of amides is 3. The van der Waals surface area contributed by atoms with E-state index in [2.05, 4.69) is 10.6 Å². The van der Waals surface area contributed by atoms with Gasteiger partial charge < -0.3 is 21.1 Å². The predicted molar refractivity (Wildman–Crippen MR) is 107 cm³/mol. The van der Waals surface area contributed by atoms with Gasteiger partial charge in [0.15, 0.2) is 0 Å². The van der Waals surface area contributed by atoms with E-state index in [0.717, 1.165) is 5.56 Å². The van der Waals surface area contributed by atoms with Crippen LogP contribution in [0.5, 0.6) is 0 Å². The van der Waals surface area contributed by atoms with Crippen LogP contribution in [-0.2, 0) is 25.5 Å². The monoisotopic (exact) mass is 427 g/mol. The molecule has 11 heteroatoms. The van der Waals surface area contributed by atoms with Crippen LogP contribution >= 0.6 is 8.18 Å². The Kier molecular flexibility index (Phi) is 10.8. The van der Waals surface area contributed by atoms with Gasteiger partial charge >= 0.3 is 14.3 Å². The van der Waals surface area contributed by atoms with Gasteiger partial charge in [0.25, 0.3) is 5.91 Å². The summed E-state index contributed by atoms with van der Waals surface area (Å²) in [5, 5.41) is 5.04. The summed E-state index contributed by atoms with van der Waals surface area (Å²) in [5.74, 6) is -1.32. The first kappa shape index (κ1) is 24.5. The summed E-state index contributed by atoms with van der Waals surface area (Å²) in [7, 11) is -2.94. The van der Waals surface area contributed by atoms with Crippen molar-refractivity contribution in [2.45, 2.75) is 32.9 Å². The standard InChI is InChI=1S/C18H27N4O6P/c1-13(2)16(19)17(24)22(29(26)27)11-8-15(23)20-9-10-21-18(25)28-12-14-6-4-3-5-7-14/h3-7,13,16H,8-12,19H2,1-2H3,(H2-,20,21,23,25,26,27)/p+1/t16-/m0/s1. The Morgan fingerprint density at radius 3 is 2.38 bits per heavy atom. The Morgan fingerprint density at radius 2 is 1.79 bits per heavy atom. The van der Waals surface area contributed by atoms with Crippen LogP contribution in [0.25, 0.3) is 0 Å². The number of ether oxygens (including phenoxy) is 1. The van der Waals surface area contributed by atoms with Crippen molar-refractivity contribution in [3.05, 3.63) is 35.9 Å². The maximum absolute atomic E-state index is 12.1. The Hall–Kier alpha value is -2.55. The van der Waals surface area contributed by atoms with Crippen LogP contribution in [0.4, 0.5) is 4.79 Å². The normalized spacial score (nSPS) is 12.1. The van der Waals surface area contributed by atoms with E-state index in [0.29, 0.717) is 4.67 Å². The Balaban J connectivity index is 2.26. The number of benzene rings is 1. The first-order valence-corrected chi connectivity index (χ1v) is 10.3. The number of hydrogen-bond acceptors (Lipinski definition) is 6. The molecule has 29 heavy (non-hydrogen) atoms. The van der Waals surface area contributed by atoms with Crippen LogP contribution in [0.2, 0.25) is 0 Å². The molecule has 3 amide bonds. The molecule has 160 valence electrons. The lowest BCUT2D eigenvalue weighted by Crippen LogP contribution is -2.44. The molecule has 5 N–H and O–H groups in total. The van der Waals surface area contributed by atoms with E-state index < -0.39 is 32.1 Å². The van der Waals surface area contributed by atoms with Gasteiger partial charge in [-0.05, 0) is 16.0 Å². The lowest BCUT2D eigenvalue weighted by atomic mass is 10.1. The minimum atomic E-state index is -2.94. The smallest absolute Gasteiger partial charge is 0.445 e. The molecule has 0 aliphatic carbocycles. The lowest BCUT2D eigenvalue weighted by Gasteiger charge is -2.17. The van der Waals surface area contributed by atoms with Crippen LogP contribution in [0.3, 0.4) is 0 Å². The van der Waals surface area contributed by atoms with Gasteiger partial charge in [0.05, 0.1) is 12.6 Å². The average molecular weight is 427 g/mol. The van der Waals surface area contributed by atoms with E-state index in [-0.39, 0.29) is 38.6 Å². The van der Waals surface area contributed by atoms with Gasteiger partial charge in [0, 0.05) is 19.5 Å². The number of hydrogen-bond donors (Lipinski definition) is 4. The fourth-order valence-electron chi connectivity index (χ4n) is 2.17. The maximum Gasteiger partial charge on any atom is 0.646 e. The van der Waals surface area contributed by atoms with Crippen molar-refractivity contribution in [3.8, 4) is 0 Å². The summed E-state index contributed by atoms with van der Waals surface area (Å²) in [5.41, 5.74) is 6.57. The van der Waals surface area contributed by atoms with E-state index in [1.54, 1.807) is 13.8 Å². The van der Waals surface area contributed by atoms with Crippen LogP contribution in [0.15, 0.2) is 30.3 Å². The highest BCUT2D eigenvalue weighted by atomic mass is 31.1. The topological polar surface area (TPSA) is 151 Å². The van der Waals surface area contributed by atoms with E-state index in [4.69, 9.17) is 10.5 Å². The number of rotatable bonds is 11. The van der Waals surface area contributed by atoms with Gasteiger partial charge in [-0.3, -0.25) is 9.59 Å². The van der Waals surface area contributed by atoms with Gasteiger partial charge in [-0.1, -0.05) is 44.2 Å². The fourth-order valence-corrected chi connectivity index (χ4v) is 2.75. The van der Waals surface area contributed by atoms with Gasteiger partial charge in [0.2, 0.25) is 5.91 Å². The van der Waals surface area contributed by atoms with E-state index in [9.17, 15) is 23.8 Å². The van der Waals surface area contributed by atoms with Crippen molar-refractivity contribution in [3.63, 3.8) is 0 Å². The SMILES string of the molecule is CC(C)[C@H](N)C(=O)N(CCC(=O)NCCNC(=O)OCc1ccccc1)[P+](=O)O. The predicted octanol–water partition coefficient (Wildman–Crippen LogP) is 0.881. The van der Waals surface area contributed by atoms with Gasteiger partial charge in [-0.2, -0.15) is 0 Å². The summed E-state index contributed by atoms with van der Waals surface area (Å²) in [4.78, 5) is 44.8. The highest BCUT2D eigenvalue weighted by Crippen LogP contribution is 2.23. The fraction of sp³-hybridized carbons (Fsp3) is 0.500. The maximum atomic E-state index is 12.1. The third-order valence-corrected chi connectivity index (χ3v) is 4.75. The van der Waals surface area contributed by atoms with Crippen LogP contribution in [0.1, 0.15) is 25.8 Å². The van der Waals surface area contributed by atoms with Crippen LogP contribution in [0, 0.1) is 5.92 Å². The first-order chi connectivity index (χ1) is 13.7. The zero-order valence-corrected chi connectivity index (χ0v) is 17.4. The molecule has 0 saturated heterocycles. The molecule has 0 spiro atoms. The second-order valence-corrected chi connectivity index (χ2v) is 7.56. The quantitative estimate of drug-likeness (QED) is 0.302. The molecule has 0 heterocycles. The molecular weight excluding hydrogens is 399 g/mol. The number of nitrogens with zero attached hydrogens (tertiary/aromatic N) is 1. The summed E-state index contributed by atoms with van der Waals surface area (Å²) in [6.45, 7) is 3.63. The molecule has 0 aromatic heterocycles. The number of alkyl carbamates (subject to hydrolysis) is 1. The molecule has 10 nitrogen and oxygen atoms in total. The van der Waals surface area contributed by atoms with Gasteiger partial charge in [0.1, 0.15) is 6.61 Å². The lowest BCUT2D eigenvalue weighted by molar-refractivity contribution is -0.129. The summed E-state index contributed by atoms with van der Waals surface area (Å²) < 4.78 is 17.1. The van der Waals surface area contributed by atoms with E-state index >= 15 is 0 Å². The zero-order valence-electron chi connectivity index (χ0n) is 16.5. The third-order valence-electron chi connectivity index (χ3n) is 3.94. The second kappa shape index (κ2) is 12.8. The van der Waals surface area contributed by atoms with Crippen LogP contribution in [-0.4, -0.2) is 53.1 Å². The molecular formula is C18H28N4O6P+. The number of carbonyl (C=O) groups is 3. The highest BCUT2D eigenvalue weighted by Gasteiger charge is 2.36. The van der Waals surface area contributed by atoms with Crippen molar-refractivity contribution in [2.75, 3.05) is 19.6 Å². The number of carbonyl (C=O) groups excluding carboxylic acids is 3. The Bertz CT molecular complexity index is 701. The molecule has 2 atom stereocenters. The van der Waals surface area contributed by atoms with Crippen molar-refractivity contribution in [2.24, 2.45) is 11.7 Å². The molecule has 1 unspecified atom stereocenters. The largest absolute Gasteiger partial charge is 0.646 e. The molecule has 1 aromatic rings. The molecule has 0 fully saturated rings. The van der Waals surface area contributed by atoms with E-state index in [1.165, 1.54) is 0 Å². The molecule has 1 rings (SSSR count). The van der Waals surface area contributed by atoms with Crippen molar-refractivity contribution in [1.82, 2.24) is 15.3 Å². The van der Waals surface area contributed by atoms with Crippen molar-refractivity contribution < 1.29 is 28.6 Å². The minimum absolute atomic E-state index is 0.140. The van der Waals surface area contributed by atoms with E-state index in [1.807, 2.05) is 30.3 Å². The molecule has 0 aliphatic heterocycles. The second-order valence-electron chi connectivity index (χ2n) is 6.57. The minimum Gasteiger partial charge on any atom is -0.445 e.